The molecule has 1 rings (SSSR count). The molecule has 0 saturated heterocycles. The van der Waals surface area contributed by atoms with Crippen LogP contribution in [0.15, 0.2) is 16.9 Å². The third kappa shape index (κ3) is 1.58. The number of hydrogen-bond acceptors (Lipinski definition) is 3. The Morgan fingerprint density at radius 1 is 1.64 bits per heavy atom. The van der Waals surface area contributed by atoms with E-state index in [2.05, 4.69) is 4.98 Å². The molecule has 4 nitrogen and oxygen atoms in total. The number of nitrogens with one attached hydrogen (secondary N) is 1. The van der Waals surface area contributed by atoms with E-state index in [0.717, 1.165) is 0 Å². The van der Waals surface area contributed by atoms with Crippen LogP contribution in [0.1, 0.15) is 5.56 Å². The van der Waals surface area contributed by atoms with Crippen LogP contribution in [0.25, 0.3) is 0 Å². The van der Waals surface area contributed by atoms with Crippen molar-refractivity contribution < 1.29 is 4.74 Å². The van der Waals surface area contributed by atoms with Gasteiger partial charge in [0.1, 0.15) is 0 Å². The quantitative estimate of drug-likeness (QED) is 0.624. The largest absolute Gasteiger partial charge is 0.482 e. The molecule has 0 amide bonds. The minimum atomic E-state index is -0.332. The van der Waals surface area contributed by atoms with E-state index in [4.69, 9.17) is 10.00 Å². The number of nitriles is 1. The van der Waals surface area contributed by atoms with Gasteiger partial charge in [-0.15, -0.1) is 0 Å². The Labute approximate surface area is 63.0 Å². The summed E-state index contributed by atoms with van der Waals surface area (Å²) >= 11 is 0. The minimum Gasteiger partial charge on any atom is -0.482 e. The Morgan fingerprint density at radius 3 is 2.91 bits per heavy atom. The lowest BCUT2D eigenvalue weighted by atomic mass is 10.3. The summed E-state index contributed by atoms with van der Waals surface area (Å²) < 4.78 is 4.73. The zero-order chi connectivity index (χ0) is 8.27. The van der Waals surface area contributed by atoms with Gasteiger partial charge in [-0.25, -0.2) is 0 Å². The maximum Gasteiger partial charge on any atom is 0.251 e. The zero-order valence-electron chi connectivity index (χ0n) is 5.92. The number of rotatable bonds is 1. The highest BCUT2D eigenvalue weighted by Crippen LogP contribution is 2.03. The molecule has 0 saturated carbocycles. The Bertz CT molecular complexity index is 348. The molecule has 1 aromatic rings. The van der Waals surface area contributed by atoms with Crippen LogP contribution in [0.3, 0.4) is 0 Å². The van der Waals surface area contributed by atoms with E-state index in [9.17, 15) is 4.79 Å². The second kappa shape index (κ2) is 2.88. The first-order valence-corrected chi connectivity index (χ1v) is 2.94. The van der Waals surface area contributed by atoms with Gasteiger partial charge in [-0.3, -0.25) is 9.78 Å². The van der Waals surface area contributed by atoms with Gasteiger partial charge < -0.3 is 4.74 Å². The van der Waals surface area contributed by atoms with Gasteiger partial charge in [0, 0.05) is 12.1 Å². The zero-order valence-corrected chi connectivity index (χ0v) is 5.92. The minimum absolute atomic E-state index is 0.297. The maximum absolute atomic E-state index is 10.7. The van der Waals surface area contributed by atoms with Gasteiger partial charge in [0.15, 0.2) is 5.88 Å². The molecule has 4 heteroatoms. The first-order valence-electron chi connectivity index (χ1n) is 2.94. The topological polar surface area (TPSA) is 65.9 Å². The summed E-state index contributed by atoms with van der Waals surface area (Å²) in [7, 11) is 1.42. The van der Waals surface area contributed by atoms with Crippen molar-refractivity contribution in [3.63, 3.8) is 0 Å². The van der Waals surface area contributed by atoms with E-state index in [1.807, 2.05) is 6.07 Å². The Kier molecular flexibility index (Phi) is 1.93. The van der Waals surface area contributed by atoms with Gasteiger partial charge in [0.25, 0.3) is 5.56 Å². The molecule has 1 heterocycles. The highest BCUT2D eigenvalue weighted by Gasteiger charge is 1.95. The van der Waals surface area contributed by atoms with Crippen molar-refractivity contribution in [2.75, 3.05) is 7.11 Å². The van der Waals surface area contributed by atoms with Crippen LogP contribution in [0.2, 0.25) is 0 Å². The summed E-state index contributed by atoms with van der Waals surface area (Å²) in [5.41, 5.74) is -0.0356. The van der Waals surface area contributed by atoms with Gasteiger partial charge in [-0.2, -0.15) is 5.26 Å². The van der Waals surface area contributed by atoms with Crippen LogP contribution in [-0.2, 0) is 0 Å². The third-order valence-electron chi connectivity index (χ3n) is 1.17. The van der Waals surface area contributed by atoms with Crippen LogP contribution >= 0.6 is 0 Å². The molecular weight excluding hydrogens is 144 g/mol. The Balaban J connectivity index is 3.26. The van der Waals surface area contributed by atoms with Gasteiger partial charge >= 0.3 is 0 Å². The fraction of sp³-hybridized carbons (Fsp3) is 0.143. The van der Waals surface area contributed by atoms with Gasteiger partial charge in [-0.05, 0) is 0 Å². The first-order chi connectivity index (χ1) is 5.26. The number of methoxy groups -OCH3 is 1. The number of nitrogens with zero attached hydrogens (tertiary/aromatic N) is 1. The fourth-order valence-corrected chi connectivity index (χ4v) is 0.692. The molecule has 0 aliphatic heterocycles. The van der Waals surface area contributed by atoms with Crippen LogP contribution < -0.4 is 10.3 Å². The number of H-pyrrole nitrogens is 1. The average Bonchev–Trinajstić information content (AvgIpc) is 2.03. The van der Waals surface area contributed by atoms with E-state index in [1.165, 1.54) is 19.2 Å². The molecule has 1 aromatic heterocycles. The van der Waals surface area contributed by atoms with Crippen LogP contribution in [-0.4, -0.2) is 12.1 Å². The predicted octanol–water partition coefficient (Wildman–Crippen LogP) is 0.255. The first kappa shape index (κ1) is 7.35. The highest BCUT2D eigenvalue weighted by molar-refractivity contribution is 5.30. The predicted molar refractivity (Wildman–Crippen MR) is 38.3 cm³/mol. The van der Waals surface area contributed by atoms with E-state index in [1.54, 1.807) is 0 Å². The fourth-order valence-electron chi connectivity index (χ4n) is 0.692. The summed E-state index contributed by atoms with van der Waals surface area (Å²) in [6.07, 6.45) is 0. The molecule has 0 fully saturated rings. The summed E-state index contributed by atoms with van der Waals surface area (Å²) in [5, 5.41) is 8.42. The van der Waals surface area contributed by atoms with Gasteiger partial charge in [0.2, 0.25) is 0 Å². The Hall–Kier alpha value is -1.76. The third-order valence-corrected chi connectivity index (χ3v) is 1.17. The van der Waals surface area contributed by atoms with Gasteiger partial charge in [0.05, 0.1) is 18.7 Å². The highest BCUT2D eigenvalue weighted by atomic mass is 16.5. The normalized spacial score (nSPS) is 8.73. The molecule has 0 radical (unpaired) electrons. The SMILES string of the molecule is COc1cc(C#N)cc(=O)[nH]1. The standard InChI is InChI=1S/C7H6N2O2/c1-11-7-3-5(4-8)2-6(10)9-7/h2-3H,1H3,(H,9,10). The monoisotopic (exact) mass is 150 g/mol. The Morgan fingerprint density at radius 2 is 2.36 bits per heavy atom. The molecule has 11 heavy (non-hydrogen) atoms. The number of aromatic amines is 1. The van der Waals surface area contributed by atoms with Crippen LogP contribution in [0.4, 0.5) is 0 Å². The molecule has 0 aliphatic carbocycles. The summed E-state index contributed by atoms with van der Waals surface area (Å²) in [5.74, 6) is 0.300. The summed E-state index contributed by atoms with van der Waals surface area (Å²) in [6, 6.07) is 4.51. The molecule has 0 unspecified atom stereocenters. The maximum atomic E-state index is 10.7. The van der Waals surface area contributed by atoms with E-state index in [0.29, 0.717) is 11.4 Å². The van der Waals surface area contributed by atoms with Crippen molar-refractivity contribution in [2.45, 2.75) is 0 Å². The van der Waals surface area contributed by atoms with Crippen molar-refractivity contribution in [3.8, 4) is 11.9 Å². The number of hydrogen-bond donors (Lipinski definition) is 1. The molecule has 1 N–H and O–H groups in total. The lowest BCUT2D eigenvalue weighted by Crippen LogP contribution is -2.05. The van der Waals surface area contributed by atoms with Crippen molar-refractivity contribution >= 4 is 0 Å². The van der Waals surface area contributed by atoms with Crippen LogP contribution in [0, 0.1) is 11.3 Å². The second-order valence-electron chi connectivity index (χ2n) is 1.91. The molecule has 0 aromatic carbocycles. The van der Waals surface area contributed by atoms with Crippen molar-refractivity contribution in [1.29, 1.82) is 5.26 Å². The van der Waals surface area contributed by atoms with E-state index in [-0.39, 0.29) is 5.56 Å². The number of pyridine rings is 1. The summed E-state index contributed by atoms with van der Waals surface area (Å²) in [4.78, 5) is 13.1. The lowest BCUT2D eigenvalue weighted by molar-refractivity contribution is 0.396. The molecule has 56 valence electrons. The second-order valence-corrected chi connectivity index (χ2v) is 1.91. The molecule has 0 atom stereocenters. The van der Waals surface area contributed by atoms with E-state index >= 15 is 0 Å². The average molecular weight is 150 g/mol. The molecule has 0 bridgehead atoms. The van der Waals surface area contributed by atoms with Crippen molar-refractivity contribution in [2.24, 2.45) is 0 Å². The molecule has 0 spiro atoms. The van der Waals surface area contributed by atoms with E-state index < -0.39 is 0 Å². The van der Waals surface area contributed by atoms with Gasteiger partial charge in [-0.1, -0.05) is 0 Å². The molecular formula is C7H6N2O2. The number of aromatic nitrogens is 1. The lowest BCUT2D eigenvalue weighted by Gasteiger charge is -1.96. The summed E-state index contributed by atoms with van der Waals surface area (Å²) in [6.45, 7) is 0. The number of ether oxygens (including phenoxy) is 1. The van der Waals surface area contributed by atoms with Crippen molar-refractivity contribution in [3.05, 3.63) is 28.0 Å². The smallest absolute Gasteiger partial charge is 0.251 e. The molecule has 0 aliphatic rings. The van der Waals surface area contributed by atoms with Crippen LogP contribution in [0.5, 0.6) is 5.88 Å². The van der Waals surface area contributed by atoms with Crippen molar-refractivity contribution in [1.82, 2.24) is 4.98 Å².